The maximum Gasteiger partial charge on any atom is 0.243 e. The largest absolute Gasteiger partial charge is 0.494 e. The van der Waals surface area contributed by atoms with Crippen molar-refractivity contribution in [1.82, 2.24) is 14.3 Å². The van der Waals surface area contributed by atoms with Crippen molar-refractivity contribution in [3.05, 3.63) is 36.7 Å². The number of aromatic nitrogens is 2. The fourth-order valence-corrected chi connectivity index (χ4v) is 4.41. The van der Waals surface area contributed by atoms with E-state index in [1.165, 1.54) is 23.8 Å². The summed E-state index contributed by atoms with van der Waals surface area (Å²) in [7, 11) is -2.10. The number of nitrogens with zero attached hydrogens (tertiary/aromatic N) is 3. The van der Waals surface area contributed by atoms with Gasteiger partial charge in [-0.1, -0.05) is 0 Å². The van der Waals surface area contributed by atoms with Crippen LogP contribution in [0.4, 0.5) is 0 Å². The molecule has 0 saturated carbocycles. The smallest absolute Gasteiger partial charge is 0.243 e. The van der Waals surface area contributed by atoms with Crippen molar-refractivity contribution < 1.29 is 22.6 Å². The highest BCUT2D eigenvalue weighted by atomic mass is 32.2. The molecule has 1 unspecified atom stereocenters. The zero-order valence-corrected chi connectivity index (χ0v) is 16.2. The molecule has 2 aromatic rings. The van der Waals surface area contributed by atoms with Gasteiger partial charge in [-0.3, -0.25) is 4.98 Å². The molecule has 1 atom stereocenters. The molecule has 3 rings (SSSR count). The lowest BCUT2D eigenvalue weighted by Gasteiger charge is -2.31. The van der Waals surface area contributed by atoms with Gasteiger partial charge in [0.15, 0.2) is 0 Å². The fourth-order valence-electron chi connectivity index (χ4n) is 2.90. The second-order valence-electron chi connectivity index (χ2n) is 6.05. The fraction of sp³-hybridized carbons (Fsp3) is 0.444. The zero-order chi connectivity index (χ0) is 19.3. The maximum atomic E-state index is 12.9. The van der Waals surface area contributed by atoms with Crippen LogP contribution in [0.25, 0.3) is 0 Å². The van der Waals surface area contributed by atoms with Crippen LogP contribution in [0.3, 0.4) is 0 Å². The number of rotatable bonds is 7. The Labute approximate surface area is 159 Å². The highest BCUT2D eigenvalue weighted by Gasteiger charge is 2.31. The predicted octanol–water partition coefficient (Wildman–Crippen LogP) is 2.12. The molecule has 1 aliphatic rings. The lowest BCUT2D eigenvalue weighted by atomic mass is 10.1. The van der Waals surface area contributed by atoms with E-state index in [2.05, 4.69) is 9.97 Å². The van der Waals surface area contributed by atoms with Crippen LogP contribution in [0, 0.1) is 0 Å². The Hall–Kier alpha value is -2.39. The van der Waals surface area contributed by atoms with Gasteiger partial charge >= 0.3 is 0 Å². The summed E-state index contributed by atoms with van der Waals surface area (Å²) in [6.45, 7) is 3.13. The van der Waals surface area contributed by atoms with Crippen LogP contribution in [-0.2, 0) is 10.0 Å². The molecule has 9 heteroatoms. The molecule has 0 radical (unpaired) electrons. The third-order valence-corrected chi connectivity index (χ3v) is 6.08. The number of piperidine rings is 1. The van der Waals surface area contributed by atoms with Crippen LogP contribution >= 0.6 is 0 Å². The van der Waals surface area contributed by atoms with Crippen molar-refractivity contribution in [2.24, 2.45) is 0 Å². The molecule has 0 N–H and O–H groups in total. The Morgan fingerprint density at radius 3 is 2.63 bits per heavy atom. The number of sulfonamides is 1. The molecule has 1 saturated heterocycles. The summed E-state index contributed by atoms with van der Waals surface area (Å²) in [4.78, 5) is 8.42. The lowest BCUT2D eigenvalue weighted by molar-refractivity contribution is 0.123. The van der Waals surface area contributed by atoms with Gasteiger partial charge in [-0.25, -0.2) is 8.42 Å². The standard InChI is InChI=1S/C18H23N3O5S/c1-3-25-14-6-8-16(9-7-14)27(22,23)21-10-4-5-15(13-21)26-18-12-19-11-17(20-18)24-2/h6-9,11-12,15H,3-5,10,13H2,1-2H3. The summed E-state index contributed by atoms with van der Waals surface area (Å²) in [6, 6.07) is 6.47. The number of ether oxygens (including phenoxy) is 3. The maximum absolute atomic E-state index is 12.9. The van der Waals surface area contributed by atoms with Crippen molar-refractivity contribution in [2.75, 3.05) is 26.8 Å². The van der Waals surface area contributed by atoms with E-state index in [1.54, 1.807) is 24.3 Å². The van der Waals surface area contributed by atoms with E-state index in [-0.39, 0.29) is 17.5 Å². The summed E-state index contributed by atoms with van der Waals surface area (Å²) in [5, 5.41) is 0. The van der Waals surface area contributed by atoms with E-state index in [0.29, 0.717) is 37.1 Å². The number of benzene rings is 1. The number of hydrogen-bond acceptors (Lipinski definition) is 7. The van der Waals surface area contributed by atoms with E-state index in [4.69, 9.17) is 14.2 Å². The third kappa shape index (κ3) is 4.67. The minimum Gasteiger partial charge on any atom is -0.494 e. The van der Waals surface area contributed by atoms with Crippen molar-refractivity contribution >= 4 is 10.0 Å². The molecule has 0 bridgehead atoms. The van der Waals surface area contributed by atoms with Gasteiger partial charge in [0.2, 0.25) is 21.8 Å². The first kappa shape index (κ1) is 19.4. The van der Waals surface area contributed by atoms with Gasteiger partial charge in [0.25, 0.3) is 0 Å². The second-order valence-corrected chi connectivity index (χ2v) is 7.99. The molecule has 0 aliphatic carbocycles. The number of methoxy groups -OCH3 is 1. The summed E-state index contributed by atoms with van der Waals surface area (Å²) in [6.07, 6.45) is 4.13. The quantitative estimate of drug-likeness (QED) is 0.711. The monoisotopic (exact) mass is 393 g/mol. The molecule has 1 aromatic heterocycles. The Morgan fingerprint density at radius 1 is 1.19 bits per heavy atom. The van der Waals surface area contributed by atoms with Gasteiger partial charge < -0.3 is 14.2 Å². The topological polar surface area (TPSA) is 90.9 Å². The molecule has 146 valence electrons. The molecular formula is C18H23N3O5S. The molecule has 1 fully saturated rings. The Kier molecular flexibility index (Phi) is 6.12. The van der Waals surface area contributed by atoms with E-state index < -0.39 is 10.0 Å². The average Bonchev–Trinajstić information content (AvgIpc) is 2.69. The second kappa shape index (κ2) is 8.53. The summed E-state index contributed by atoms with van der Waals surface area (Å²) < 4.78 is 43.6. The van der Waals surface area contributed by atoms with Crippen LogP contribution in [0.2, 0.25) is 0 Å². The summed E-state index contributed by atoms with van der Waals surface area (Å²) in [5.74, 6) is 1.31. The minimum absolute atomic E-state index is 0.243. The highest BCUT2D eigenvalue weighted by Crippen LogP contribution is 2.25. The molecule has 27 heavy (non-hydrogen) atoms. The van der Waals surface area contributed by atoms with Crippen molar-refractivity contribution in [3.8, 4) is 17.5 Å². The molecule has 1 aliphatic heterocycles. The molecule has 0 amide bonds. The first-order valence-electron chi connectivity index (χ1n) is 8.78. The first-order chi connectivity index (χ1) is 13.0. The molecule has 8 nitrogen and oxygen atoms in total. The third-order valence-electron chi connectivity index (χ3n) is 4.20. The molecule has 1 aromatic carbocycles. The molecule has 2 heterocycles. The normalized spacial score (nSPS) is 18.1. The van der Waals surface area contributed by atoms with E-state index in [1.807, 2.05) is 6.92 Å². The van der Waals surface area contributed by atoms with Crippen molar-refractivity contribution in [1.29, 1.82) is 0 Å². The lowest BCUT2D eigenvalue weighted by Crippen LogP contribution is -2.44. The van der Waals surface area contributed by atoms with Crippen LogP contribution in [0.15, 0.2) is 41.6 Å². The van der Waals surface area contributed by atoms with Gasteiger partial charge in [0.1, 0.15) is 11.9 Å². The van der Waals surface area contributed by atoms with E-state index >= 15 is 0 Å². The highest BCUT2D eigenvalue weighted by molar-refractivity contribution is 7.89. The van der Waals surface area contributed by atoms with Gasteiger partial charge in [-0.2, -0.15) is 9.29 Å². The van der Waals surface area contributed by atoms with Gasteiger partial charge in [0, 0.05) is 6.54 Å². The summed E-state index contributed by atoms with van der Waals surface area (Å²) in [5.41, 5.74) is 0. The van der Waals surface area contributed by atoms with Crippen molar-refractivity contribution in [2.45, 2.75) is 30.8 Å². The van der Waals surface area contributed by atoms with Gasteiger partial charge in [-0.05, 0) is 44.0 Å². The first-order valence-corrected chi connectivity index (χ1v) is 10.2. The van der Waals surface area contributed by atoms with Gasteiger partial charge in [-0.15, -0.1) is 0 Å². The Balaban J connectivity index is 1.70. The molecular weight excluding hydrogens is 370 g/mol. The van der Waals surface area contributed by atoms with E-state index in [0.717, 1.165) is 6.42 Å². The minimum atomic E-state index is -3.59. The predicted molar refractivity (Wildman–Crippen MR) is 98.6 cm³/mol. The Morgan fingerprint density at radius 2 is 1.93 bits per heavy atom. The van der Waals surface area contributed by atoms with E-state index in [9.17, 15) is 8.42 Å². The van der Waals surface area contributed by atoms with Crippen LogP contribution in [-0.4, -0.2) is 55.6 Å². The SMILES string of the molecule is CCOc1ccc(S(=O)(=O)N2CCCC(Oc3cncc(OC)n3)C2)cc1. The zero-order valence-electron chi connectivity index (χ0n) is 15.4. The average molecular weight is 393 g/mol. The Bertz CT molecular complexity index is 858. The number of hydrogen-bond donors (Lipinski definition) is 0. The van der Waals surface area contributed by atoms with Crippen LogP contribution < -0.4 is 14.2 Å². The summed E-state index contributed by atoms with van der Waals surface area (Å²) >= 11 is 0. The van der Waals surface area contributed by atoms with Gasteiger partial charge in [0.05, 0.1) is 37.6 Å². The van der Waals surface area contributed by atoms with Crippen molar-refractivity contribution in [3.63, 3.8) is 0 Å². The van der Waals surface area contributed by atoms with Crippen LogP contribution in [0.5, 0.6) is 17.5 Å². The molecule has 0 spiro atoms. The van der Waals surface area contributed by atoms with Crippen LogP contribution in [0.1, 0.15) is 19.8 Å².